The Kier molecular flexibility index (Phi) is 2.40. The van der Waals surface area contributed by atoms with Gasteiger partial charge in [0.05, 0.1) is 6.04 Å². The topological polar surface area (TPSA) is 46.6 Å². The summed E-state index contributed by atoms with van der Waals surface area (Å²) in [6.45, 7) is 0.395. The fourth-order valence-electron chi connectivity index (χ4n) is 1.20. The van der Waals surface area contributed by atoms with Crippen LogP contribution in [0.2, 0.25) is 0 Å². The van der Waals surface area contributed by atoms with Crippen molar-refractivity contribution in [2.24, 2.45) is 0 Å². The Morgan fingerprint density at radius 3 is 3.00 bits per heavy atom. The van der Waals surface area contributed by atoms with Crippen molar-refractivity contribution < 1.29 is 19.1 Å². The van der Waals surface area contributed by atoms with E-state index in [0.717, 1.165) is 11.3 Å². The number of rotatable bonds is 1. The Hall–Kier alpha value is -1.13. The van der Waals surface area contributed by atoms with E-state index >= 15 is 0 Å². The molecule has 0 spiro atoms. The van der Waals surface area contributed by atoms with Crippen LogP contribution in [0.5, 0.6) is 0 Å². The largest absolute Gasteiger partial charge is 0.447 e. The molecule has 62 valence electrons. The molecule has 0 aliphatic carbocycles. The maximum atomic E-state index is 11.3. The number of hydrogen-bond donors (Lipinski definition) is 0. The van der Waals surface area contributed by atoms with Crippen LogP contribution in [0.1, 0.15) is 12.8 Å². The Bertz CT molecular complexity index is 173. The molecule has 1 saturated heterocycles. The van der Waals surface area contributed by atoms with Gasteiger partial charge in [-0.2, -0.15) is 0 Å². The second-order valence-corrected chi connectivity index (χ2v) is 2.38. The number of hydrogen-bond acceptors (Lipinski definition) is 3. The van der Waals surface area contributed by atoms with Gasteiger partial charge < -0.3 is 4.79 Å². The molecule has 0 saturated carbocycles. The second kappa shape index (κ2) is 3.32. The Morgan fingerprint density at radius 1 is 1.73 bits per heavy atom. The van der Waals surface area contributed by atoms with Gasteiger partial charge in [-0.3, -0.25) is 4.90 Å². The number of nitrogens with zero attached hydrogens (tertiary/aromatic N) is 1. The highest BCUT2D eigenvalue weighted by molar-refractivity contribution is 5.73. The Balaban J connectivity index is 2.56. The van der Waals surface area contributed by atoms with Crippen molar-refractivity contribution in [3.8, 4) is 0 Å². The van der Waals surface area contributed by atoms with E-state index in [9.17, 15) is 14.1 Å². The lowest BCUT2D eigenvalue weighted by atomic mass is 10.2. The SMILES string of the molecule is O=CC1CCCN1C(=O)OF. The number of aldehydes is 1. The van der Waals surface area contributed by atoms with Gasteiger partial charge in [-0.1, -0.05) is 0 Å². The zero-order valence-corrected chi connectivity index (χ0v) is 5.83. The first-order valence-corrected chi connectivity index (χ1v) is 3.34. The summed E-state index contributed by atoms with van der Waals surface area (Å²) in [4.78, 5) is 24.9. The third-order valence-corrected chi connectivity index (χ3v) is 1.76. The number of carbonyl (C=O) groups excluding carboxylic acids is 2. The predicted molar refractivity (Wildman–Crippen MR) is 33.4 cm³/mol. The number of carbonyl (C=O) groups is 2. The van der Waals surface area contributed by atoms with E-state index in [2.05, 4.69) is 4.94 Å². The molecule has 1 aliphatic heterocycles. The smallest absolute Gasteiger partial charge is 0.301 e. The first kappa shape index (κ1) is 7.97. The van der Waals surface area contributed by atoms with Crippen LogP contribution >= 0.6 is 0 Å². The van der Waals surface area contributed by atoms with Gasteiger partial charge in [0, 0.05) is 11.1 Å². The maximum Gasteiger partial charge on any atom is 0.447 e. The Morgan fingerprint density at radius 2 is 2.45 bits per heavy atom. The minimum Gasteiger partial charge on any atom is -0.301 e. The van der Waals surface area contributed by atoms with E-state index < -0.39 is 12.1 Å². The van der Waals surface area contributed by atoms with Crippen molar-refractivity contribution in [1.82, 2.24) is 4.90 Å². The zero-order chi connectivity index (χ0) is 8.27. The highest BCUT2D eigenvalue weighted by Gasteiger charge is 2.29. The third-order valence-electron chi connectivity index (χ3n) is 1.76. The lowest BCUT2D eigenvalue weighted by Crippen LogP contribution is -2.35. The summed E-state index contributed by atoms with van der Waals surface area (Å²) >= 11 is 0. The van der Waals surface area contributed by atoms with Gasteiger partial charge >= 0.3 is 6.09 Å². The molecule has 1 rings (SSSR count). The standard InChI is InChI=1S/C6H8FNO3/c7-11-6(10)8-3-1-2-5(8)4-9/h4-5H,1-3H2. The molecule has 4 nitrogen and oxygen atoms in total. The van der Waals surface area contributed by atoms with E-state index in [4.69, 9.17) is 0 Å². The van der Waals surface area contributed by atoms with E-state index in [-0.39, 0.29) is 0 Å². The highest BCUT2D eigenvalue weighted by atomic mass is 19.3. The first-order valence-electron chi connectivity index (χ1n) is 3.34. The van der Waals surface area contributed by atoms with Crippen LogP contribution in [-0.4, -0.2) is 29.9 Å². The van der Waals surface area contributed by atoms with Crippen molar-refractivity contribution in [3.63, 3.8) is 0 Å². The molecule has 1 amide bonds. The number of halogens is 1. The summed E-state index contributed by atoms with van der Waals surface area (Å²) in [6, 6.07) is -0.502. The molecule has 0 bridgehead atoms. The van der Waals surface area contributed by atoms with Crippen LogP contribution < -0.4 is 0 Å². The average molecular weight is 161 g/mol. The minimum absolute atomic E-state index is 0.395. The van der Waals surface area contributed by atoms with Crippen LogP contribution in [0.25, 0.3) is 0 Å². The van der Waals surface area contributed by atoms with Gasteiger partial charge in [0.1, 0.15) is 6.29 Å². The molecular formula is C6H8FNO3. The quantitative estimate of drug-likeness (QED) is 0.531. The average Bonchev–Trinajstić information content (AvgIpc) is 2.50. The van der Waals surface area contributed by atoms with Crippen molar-refractivity contribution in [3.05, 3.63) is 0 Å². The van der Waals surface area contributed by atoms with Crippen molar-refractivity contribution in [1.29, 1.82) is 0 Å². The summed E-state index contributed by atoms with van der Waals surface area (Å²) in [7, 11) is 0. The molecule has 11 heavy (non-hydrogen) atoms. The molecule has 5 heteroatoms. The second-order valence-electron chi connectivity index (χ2n) is 2.38. The molecule has 1 atom stereocenters. The summed E-state index contributed by atoms with van der Waals surface area (Å²) in [6.07, 6.45) is 0.876. The first-order chi connectivity index (χ1) is 5.29. The van der Waals surface area contributed by atoms with Crippen LogP contribution in [-0.2, 0) is 9.74 Å². The lowest BCUT2D eigenvalue weighted by Gasteiger charge is -2.15. The Labute approximate surface area is 62.8 Å². The van der Waals surface area contributed by atoms with Gasteiger partial charge in [-0.05, 0) is 12.8 Å². The van der Waals surface area contributed by atoms with Gasteiger partial charge in [-0.25, -0.2) is 9.74 Å². The van der Waals surface area contributed by atoms with Crippen LogP contribution in [0, 0.1) is 0 Å². The third kappa shape index (κ3) is 1.47. The molecule has 1 fully saturated rings. The molecular weight excluding hydrogens is 153 g/mol. The predicted octanol–water partition coefficient (Wildman–Crippen LogP) is 0.671. The fraction of sp³-hybridized carbons (Fsp3) is 0.667. The molecule has 0 radical (unpaired) electrons. The lowest BCUT2D eigenvalue weighted by molar-refractivity contribution is -0.114. The van der Waals surface area contributed by atoms with Gasteiger partial charge in [-0.15, -0.1) is 0 Å². The molecule has 0 aromatic carbocycles. The summed E-state index contributed by atoms with van der Waals surface area (Å²) < 4.78 is 11.3. The molecule has 0 N–H and O–H groups in total. The molecule has 1 aliphatic rings. The minimum atomic E-state index is -1.07. The fourth-order valence-corrected chi connectivity index (χ4v) is 1.20. The van der Waals surface area contributed by atoms with Crippen LogP contribution in [0.15, 0.2) is 0 Å². The number of likely N-dealkylation sites (tertiary alicyclic amines) is 1. The van der Waals surface area contributed by atoms with E-state index in [1.165, 1.54) is 0 Å². The summed E-state index contributed by atoms with van der Waals surface area (Å²) in [5, 5.41) is 0. The van der Waals surface area contributed by atoms with E-state index in [1.54, 1.807) is 0 Å². The molecule has 0 aromatic rings. The van der Waals surface area contributed by atoms with E-state index in [0.29, 0.717) is 19.3 Å². The molecule has 1 unspecified atom stereocenters. The molecule has 0 aromatic heterocycles. The van der Waals surface area contributed by atoms with Crippen LogP contribution in [0.3, 0.4) is 0 Å². The highest BCUT2D eigenvalue weighted by Crippen LogP contribution is 2.16. The normalized spacial score (nSPS) is 23.4. The number of amides is 1. The zero-order valence-electron chi connectivity index (χ0n) is 5.83. The van der Waals surface area contributed by atoms with Crippen molar-refractivity contribution in [2.75, 3.05) is 6.54 Å². The van der Waals surface area contributed by atoms with Gasteiger partial charge in [0.2, 0.25) is 0 Å². The molecule has 1 heterocycles. The van der Waals surface area contributed by atoms with E-state index in [1.807, 2.05) is 0 Å². The van der Waals surface area contributed by atoms with Crippen molar-refractivity contribution in [2.45, 2.75) is 18.9 Å². The maximum absolute atomic E-state index is 11.3. The van der Waals surface area contributed by atoms with Gasteiger partial charge in [0.15, 0.2) is 0 Å². The van der Waals surface area contributed by atoms with Crippen molar-refractivity contribution >= 4 is 12.4 Å². The van der Waals surface area contributed by atoms with Crippen LogP contribution in [0.4, 0.5) is 9.32 Å². The van der Waals surface area contributed by atoms with Gasteiger partial charge in [0.25, 0.3) is 0 Å². The summed E-state index contributed by atoms with van der Waals surface area (Å²) in [5.74, 6) is 0. The summed E-state index contributed by atoms with van der Waals surface area (Å²) in [5.41, 5.74) is 0. The monoisotopic (exact) mass is 161 g/mol.